The molecule has 2 heterocycles. The first kappa shape index (κ1) is 32.8. The second kappa shape index (κ2) is 14.7. The molecule has 1 aromatic heterocycles. The molecule has 0 fully saturated rings. The molecular formula is C34H30IN3O7S. The Labute approximate surface area is 282 Å². The van der Waals surface area contributed by atoms with Crippen molar-refractivity contribution in [3.05, 3.63) is 112 Å². The fourth-order valence-electron chi connectivity index (χ4n) is 5.04. The Morgan fingerprint density at radius 3 is 2.52 bits per heavy atom. The molecule has 10 nitrogen and oxygen atoms in total. The summed E-state index contributed by atoms with van der Waals surface area (Å²) in [7, 11) is 2.83. The highest BCUT2D eigenvalue weighted by molar-refractivity contribution is 14.1. The van der Waals surface area contributed by atoms with Crippen LogP contribution in [0.4, 0.5) is 0 Å². The molecule has 236 valence electrons. The largest absolute Gasteiger partial charge is 0.493 e. The third-order valence-corrected chi connectivity index (χ3v) is 8.69. The van der Waals surface area contributed by atoms with Crippen LogP contribution in [0.5, 0.6) is 23.0 Å². The van der Waals surface area contributed by atoms with E-state index in [1.165, 1.54) is 29.2 Å². The fraction of sp³-hybridized carbons (Fsp3) is 0.235. The molecule has 0 saturated heterocycles. The number of nitrogens with zero attached hydrogens (tertiary/aromatic N) is 3. The fourth-order valence-corrected chi connectivity index (χ4v) is 6.61. The van der Waals surface area contributed by atoms with Crippen LogP contribution in [0.15, 0.2) is 76.2 Å². The summed E-state index contributed by atoms with van der Waals surface area (Å²) in [6.45, 7) is 4.71. The van der Waals surface area contributed by atoms with E-state index < -0.39 is 12.0 Å². The van der Waals surface area contributed by atoms with Gasteiger partial charge in [-0.05, 0) is 78.4 Å². The first-order valence-corrected chi connectivity index (χ1v) is 16.2. The van der Waals surface area contributed by atoms with Gasteiger partial charge in [0.2, 0.25) is 0 Å². The Morgan fingerprint density at radius 2 is 1.80 bits per heavy atom. The van der Waals surface area contributed by atoms with Crippen molar-refractivity contribution in [1.29, 1.82) is 5.26 Å². The smallest absolute Gasteiger partial charge is 0.337 e. The molecule has 1 aliphatic heterocycles. The first-order chi connectivity index (χ1) is 22.3. The van der Waals surface area contributed by atoms with Crippen molar-refractivity contribution in [1.82, 2.24) is 4.57 Å². The lowest BCUT2D eigenvalue weighted by Gasteiger charge is -2.23. The number of carbonyl (C=O) groups is 1. The number of fused-ring (bicyclic) bond motifs is 1. The van der Waals surface area contributed by atoms with Gasteiger partial charge in [-0.1, -0.05) is 35.6 Å². The Balaban J connectivity index is 1.65. The highest BCUT2D eigenvalue weighted by Gasteiger charge is 2.31. The molecule has 0 saturated carbocycles. The molecule has 46 heavy (non-hydrogen) atoms. The van der Waals surface area contributed by atoms with Crippen LogP contribution in [-0.4, -0.2) is 38.0 Å². The van der Waals surface area contributed by atoms with Crippen molar-refractivity contribution in [2.45, 2.75) is 26.5 Å². The van der Waals surface area contributed by atoms with Gasteiger partial charge in [0.15, 0.2) is 27.8 Å². The van der Waals surface area contributed by atoms with E-state index >= 15 is 0 Å². The van der Waals surface area contributed by atoms with E-state index in [9.17, 15) is 14.9 Å². The number of hydrogen-bond acceptors (Lipinski definition) is 10. The van der Waals surface area contributed by atoms with Crippen molar-refractivity contribution in [2.24, 2.45) is 4.99 Å². The standard InChI is InChI=1S/C34H30IN3O7S/c1-5-43-26-12-11-20(14-27(26)44-6-2)30-25(33(40)42-4)18-37-34-38(30)32(39)29(46-34)15-23-13-24(35)16-28(41-3)31(23)45-19-22-10-8-7-9-21(22)17-36/h7-16,18,30H,5-6,19H2,1-4H3/b29-15+/t30-/m1/s1. The number of benzene rings is 3. The van der Waals surface area contributed by atoms with Gasteiger partial charge in [-0.3, -0.25) is 9.36 Å². The van der Waals surface area contributed by atoms with Gasteiger partial charge in [-0.25, -0.2) is 9.79 Å². The van der Waals surface area contributed by atoms with Crippen molar-refractivity contribution in [3.63, 3.8) is 0 Å². The maximum absolute atomic E-state index is 14.2. The highest BCUT2D eigenvalue weighted by Crippen LogP contribution is 2.36. The van der Waals surface area contributed by atoms with Gasteiger partial charge < -0.3 is 23.7 Å². The van der Waals surface area contributed by atoms with Crippen LogP contribution in [0.3, 0.4) is 0 Å². The first-order valence-electron chi connectivity index (χ1n) is 14.3. The number of methoxy groups -OCH3 is 2. The number of hydrogen-bond donors (Lipinski definition) is 0. The summed E-state index contributed by atoms with van der Waals surface area (Å²) >= 11 is 3.36. The molecule has 0 radical (unpaired) electrons. The average molecular weight is 752 g/mol. The molecule has 0 aliphatic carbocycles. The molecule has 0 N–H and O–H groups in total. The highest BCUT2D eigenvalue weighted by atomic mass is 127. The minimum Gasteiger partial charge on any atom is -0.493 e. The Bertz CT molecular complexity index is 2040. The monoisotopic (exact) mass is 751 g/mol. The molecule has 0 unspecified atom stereocenters. The summed E-state index contributed by atoms with van der Waals surface area (Å²) in [6.07, 6.45) is 3.17. The summed E-state index contributed by atoms with van der Waals surface area (Å²) in [4.78, 5) is 32.0. The third kappa shape index (κ3) is 6.66. The molecule has 1 aliphatic rings. The lowest BCUT2D eigenvalue weighted by molar-refractivity contribution is -0.136. The number of nitriles is 1. The van der Waals surface area contributed by atoms with Gasteiger partial charge in [0, 0.05) is 20.9 Å². The predicted molar refractivity (Wildman–Crippen MR) is 181 cm³/mol. The van der Waals surface area contributed by atoms with Crippen molar-refractivity contribution in [3.8, 4) is 29.1 Å². The Morgan fingerprint density at radius 1 is 1.04 bits per heavy atom. The van der Waals surface area contributed by atoms with E-state index in [1.54, 1.807) is 43.5 Å². The van der Waals surface area contributed by atoms with E-state index in [-0.39, 0.29) is 17.7 Å². The Kier molecular flexibility index (Phi) is 10.4. The van der Waals surface area contributed by atoms with E-state index in [0.29, 0.717) is 67.8 Å². The minimum atomic E-state index is -0.829. The van der Waals surface area contributed by atoms with Gasteiger partial charge in [0.25, 0.3) is 5.56 Å². The third-order valence-electron chi connectivity index (χ3n) is 7.07. The van der Waals surface area contributed by atoms with E-state index in [1.807, 2.05) is 38.1 Å². The van der Waals surface area contributed by atoms with Gasteiger partial charge in [-0.15, -0.1) is 0 Å². The van der Waals surface area contributed by atoms with Crippen LogP contribution >= 0.6 is 33.9 Å². The van der Waals surface area contributed by atoms with Crippen LogP contribution < -0.4 is 33.8 Å². The summed E-state index contributed by atoms with van der Waals surface area (Å²) < 4.78 is 31.3. The topological polar surface area (TPSA) is 121 Å². The summed E-state index contributed by atoms with van der Waals surface area (Å²) in [5, 5.41) is 9.54. The Hall–Kier alpha value is -4.61. The maximum atomic E-state index is 14.2. The second-order valence-corrected chi connectivity index (χ2v) is 12.1. The van der Waals surface area contributed by atoms with E-state index in [0.717, 1.165) is 3.57 Å². The van der Waals surface area contributed by atoms with Crippen LogP contribution in [0.1, 0.15) is 42.1 Å². The van der Waals surface area contributed by atoms with Crippen LogP contribution in [-0.2, 0) is 16.1 Å². The zero-order valence-electron chi connectivity index (χ0n) is 25.5. The SMILES string of the molecule is CCOc1ccc([C@@H]2C(C(=O)OC)=CN=c3s/c(=C/c4cc(I)cc(OC)c4OCc4ccccc4C#N)c(=O)n32)cc1OCC. The van der Waals surface area contributed by atoms with Crippen LogP contribution in [0.25, 0.3) is 6.08 Å². The van der Waals surface area contributed by atoms with Gasteiger partial charge in [0.05, 0.1) is 55.2 Å². The lowest BCUT2D eigenvalue weighted by Crippen LogP contribution is -2.39. The summed E-state index contributed by atoms with van der Waals surface area (Å²) in [5.74, 6) is 1.34. The van der Waals surface area contributed by atoms with Crippen LogP contribution in [0, 0.1) is 14.9 Å². The van der Waals surface area contributed by atoms with Crippen LogP contribution in [0.2, 0.25) is 0 Å². The van der Waals surface area contributed by atoms with E-state index in [2.05, 4.69) is 33.7 Å². The number of esters is 1. The lowest BCUT2D eigenvalue weighted by atomic mass is 9.97. The van der Waals surface area contributed by atoms with Crippen molar-refractivity contribution < 1.29 is 28.5 Å². The predicted octanol–water partition coefficient (Wildman–Crippen LogP) is 4.88. The van der Waals surface area contributed by atoms with Gasteiger partial charge in [0.1, 0.15) is 6.61 Å². The zero-order chi connectivity index (χ0) is 32.8. The quantitative estimate of drug-likeness (QED) is 0.157. The number of carbonyl (C=O) groups excluding carboxylic acids is 1. The molecule has 0 amide bonds. The maximum Gasteiger partial charge on any atom is 0.337 e. The zero-order valence-corrected chi connectivity index (χ0v) is 28.5. The van der Waals surface area contributed by atoms with Gasteiger partial charge in [-0.2, -0.15) is 5.26 Å². The number of halogens is 1. The number of ether oxygens (including phenoxy) is 5. The van der Waals surface area contributed by atoms with Crippen molar-refractivity contribution >= 4 is 46.0 Å². The van der Waals surface area contributed by atoms with Crippen molar-refractivity contribution in [2.75, 3.05) is 27.4 Å². The molecule has 3 aromatic carbocycles. The molecule has 1 atom stereocenters. The number of rotatable bonds is 11. The molecule has 4 aromatic rings. The molecule has 5 rings (SSSR count). The molecule has 0 spiro atoms. The summed E-state index contributed by atoms with van der Waals surface area (Å²) in [5.41, 5.74) is 2.30. The normalized spacial score (nSPS) is 14.0. The average Bonchev–Trinajstić information content (AvgIpc) is 3.38. The second-order valence-electron chi connectivity index (χ2n) is 9.83. The molecular weight excluding hydrogens is 721 g/mol. The number of thiazole rings is 1. The minimum absolute atomic E-state index is 0.116. The number of aromatic nitrogens is 1. The van der Waals surface area contributed by atoms with Gasteiger partial charge >= 0.3 is 5.97 Å². The summed E-state index contributed by atoms with van der Waals surface area (Å²) in [6, 6.07) is 17.6. The van der Waals surface area contributed by atoms with E-state index in [4.69, 9.17) is 23.7 Å². The molecule has 12 heteroatoms. The molecule has 0 bridgehead atoms.